The van der Waals surface area contributed by atoms with E-state index in [-0.39, 0.29) is 5.75 Å². The molecule has 0 radical (unpaired) electrons. The molecule has 0 spiro atoms. The molecule has 9 heteroatoms. The van der Waals surface area contributed by atoms with Crippen LogP contribution in [-0.4, -0.2) is 23.7 Å². The van der Waals surface area contributed by atoms with Crippen LogP contribution >= 0.6 is 9.53 Å². The fourth-order valence-electron chi connectivity index (χ4n) is 2.40. The Morgan fingerprint density at radius 1 is 1.17 bits per heavy atom. The van der Waals surface area contributed by atoms with Gasteiger partial charge in [0.15, 0.2) is 5.82 Å². The van der Waals surface area contributed by atoms with Crippen molar-refractivity contribution < 1.29 is 35.7 Å². The minimum absolute atomic E-state index is 0.277. The van der Waals surface area contributed by atoms with E-state index in [0.29, 0.717) is 18.8 Å². The topological polar surface area (TPSA) is 85.2 Å². The molecule has 0 saturated carbocycles. The first kappa shape index (κ1) is 19.0. The van der Waals surface area contributed by atoms with E-state index >= 15 is 0 Å². The van der Waals surface area contributed by atoms with Crippen LogP contribution < -0.4 is 9.55 Å². The molecule has 130 valence electrons. The van der Waals surface area contributed by atoms with Crippen molar-refractivity contribution in [3.63, 3.8) is 0 Å². The predicted molar refractivity (Wildman–Crippen MR) is 87.6 cm³/mol. The van der Waals surface area contributed by atoms with Gasteiger partial charge in [-0.1, -0.05) is 18.2 Å². The molecule has 0 bridgehead atoms. The van der Waals surface area contributed by atoms with Gasteiger partial charge >= 0.3 is 27.7 Å². The minimum atomic E-state index is -3.96. The molecule has 0 saturated heterocycles. The third-order valence-electron chi connectivity index (χ3n) is 3.33. The van der Waals surface area contributed by atoms with Gasteiger partial charge < -0.3 is 4.57 Å². The standard InChI is InChI=1S/C15H15N3O3S.ClH.Pd/c19-22(20,21)11-5-10-18-14-8-2-1-6-12(14)17-15(18)13-7-3-4-9-16-13;;/h1-4,6-9H,5,10-11H2,(H,19,20,21);1H;/q;;+2/p-1. The summed E-state index contributed by atoms with van der Waals surface area (Å²) < 4.78 is 32.6. The maximum absolute atomic E-state index is 10.9. The molecule has 0 unspecified atom stereocenters. The number of halogens is 1. The number of hydrogen-bond acceptors (Lipinski definition) is 3. The van der Waals surface area contributed by atoms with Gasteiger partial charge in [0, 0.05) is 12.7 Å². The van der Waals surface area contributed by atoms with Gasteiger partial charge in [-0.3, -0.25) is 9.54 Å². The van der Waals surface area contributed by atoms with Crippen LogP contribution in [-0.2, 0) is 34.8 Å². The molecule has 2 aromatic heterocycles. The summed E-state index contributed by atoms with van der Waals surface area (Å²) in [4.78, 5) is 8.90. The molecule has 0 aliphatic rings. The third kappa shape index (κ3) is 4.85. The molecule has 1 aromatic carbocycles. The van der Waals surface area contributed by atoms with Crippen molar-refractivity contribution >= 4 is 30.7 Å². The first-order valence-electron chi connectivity index (χ1n) is 6.98. The Labute approximate surface area is 155 Å². The van der Waals surface area contributed by atoms with Gasteiger partial charge in [-0.05, 0) is 30.7 Å². The van der Waals surface area contributed by atoms with Crippen LogP contribution in [0.3, 0.4) is 0 Å². The Bertz CT molecular complexity index is 901. The fraction of sp³-hybridized carbons (Fsp3) is 0.200. The second kappa shape index (κ2) is 8.70. The number of fused-ring (bicyclic) bond motifs is 1. The predicted octanol–water partition coefficient (Wildman–Crippen LogP) is 2.11. The summed E-state index contributed by atoms with van der Waals surface area (Å²) in [6, 6.07) is 13.2. The molecular weight excluding hydrogens is 444 g/mol. The third-order valence-corrected chi connectivity index (χ3v) is 4.14. The number of aromatic nitrogens is 3. The van der Waals surface area contributed by atoms with Crippen molar-refractivity contribution in [3.8, 4) is 11.5 Å². The van der Waals surface area contributed by atoms with Gasteiger partial charge in [0.25, 0.3) is 10.1 Å². The van der Waals surface area contributed by atoms with E-state index in [4.69, 9.17) is 4.55 Å². The number of para-hydroxylation sites is 2. The fourth-order valence-corrected chi connectivity index (χ4v) is 2.89. The summed E-state index contributed by atoms with van der Waals surface area (Å²) in [5.74, 6) is 0.415. The quantitative estimate of drug-likeness (QED) is 0.359. The Kier molecular flexibility index (Phi) is 6.90. The SMILES string of the molecule is O=S(=O)(O)CCC[n+]1c(-c2ccccn2)[n-]c2ccccc21.[Cl][Pd+]. The summed E-state index contributed by atoms with van der Waals surface area (Å²) in [5.41, 5.74) is 2.47. The Hall–Kier alpha value is -1.30. The zero-order valence-corrected chi connectivity index (χ0v) is 15.6. The summed E-state index contributed by atoms with van der Waals surface area (Å²) in [5, 5.41) is 0. The Balaban J connectivity index is 0.00000100. The maximum atomic E-state index is 10.9. The first-order chi connectivity index (χ1) is 11.5. The van der Waals surface area contributed by atoms with Gasteiger partial charge in [-0.2, -0.15) is 8.42 Å². The molecule has 0 aliphatic heterocycles. The van der Waals surface area contributed by atoms with Crippen molar-refractivity contribution in [2.45, 2.75) is 13.0 Å². The van der Waals surface area contributed by atoms with Crippen LogP contribution in [0.15, 0.2) is 48.7 Å². The molecule has 1 N–H and O–H groups in total. The number of benzene rings is 1. The molecular formula is C15H15ClN3O3PdS+. The van der Waals surface area contributed by atoms with E-state index in [1.165, 1.54) is 0 Å². The molecule has 3 rings (SSSR count). The summed E-state index contributed by atoms with van der Waals surface area (Å²) >= 11 is 2.22. The van der Waals surface area contributed by atoms with Gasteiger partial charge in [0.2, 0.25) is 0 Å². The number of rotatable bonds is 5. The zero-order valence-electron chi connectivity index (χ0n) is 12.4. The first-order valence-corrected chi connectivity index (χ1v) is 10.6. The van der Waals surface area contributed by atoms with Crippen LogP contribution in [0.5, 0.6) is 0 Å². The van der Waals surface area contributed by atoms with Gasteiger partial charge in [0.1, 0.15) is 5.69 Å². The molecule has 6 nitrogen and oxygen atoms in total. The molecule has 3 aromatic rings. The summed E-state index contributed by atoms with van der Waals surface area (Å²) in [6.07, 6.45) is 2.00. The Morgan fingerprint density at radius 3 is 2.54 bits per heavy atom. The number of aryl methyl sites for hydroxylation is 1. The Morgan fingerprint density at radius 2 is 1.88 bits per heavy atom. The molecule has 0 aliphatic carbocycles. The molecule has 2 heterocycles. The average molecular weight is 459 g/mol. The molecule has 24 heavy (non-hydrogen) atoms. The van der Waals surface area contributed by atoms with E-state index in [1.54, 1.807) is 6.20 Å². The van der Waals surface area contributed by atoms with E-state index < -0.39 is 10.1 Å². The van der Waals surface area contributed by atoms with E-state index in [9.17, 15) is 8.42 Å². The summed E-state index contributed by atoms with van der Waals surface area (Å²) in [6.45, 7) is 0.437. The van der Waals surface area contributed by atoms with Crippen LogP contribution in [0.1, 0.15) is 6.42 Å². The second-order valence-electron chi connectivity index (χ2n) is 4.93. The van der Waals surface area contributed by atoms with Crippen molar-refractivity contribution in [1.82, 2.24) is 9.97 Å². The number of nitrogens with zero attached hydrogens (tertiary/aromatic N) is 3. The van der Waals surface area contributed by atoms with Gasteiger partial charge in [-0.15, -0.1) is 0 Å². The molecule has 0 amide bonds. The number of hydrogen-bond donors (Lipinski definition) is 1. The van der Waals surface area contributed by atoms with Gasteiger partial charge in [0.05, 0.1) is 16.8 Å². The van der Waals surface area contributed by atoms with E-state index in [1.807, 2.05) is 47.0 Å². The average Bonchev–Trinajstić information content (AvgIpc) is 2.95. The van der Waals surface area contributed by atoms with E-state index in [2.05, 4.69) is 37.7 Å². The summed E-state index contributed by atoms with van der Waals surface area (Å²) in [7, 11) is 0.531. The van der Waals surface area contributed by atoms with Crippen molar-refractivity contribution in [2.75, 3.05) is 5.75 Å². The van der Waals surface area contributed by atoms with Crippen LogP contribution in [0.2, 0.25) is 0 Å². The normalized spacial score (nSPS) is 11.2. The monoisotopic (exact) mass is 458 g/mol. The van der Waals surface area contributed by atoms with Crippen molar-refractivity contribution in [2.24, 2.45) is 0 Å². The molecule has 0 atom stereocenters. The van der Waals surface area contributed by atoms with Crippen molar-refractivity contribution in [1.29, 1.82) is 0 Å². The van der Waals surface area contributed by atoms with Crippen LogP contribution in [0.4, 0.5) is 0 Å². The van der Waals surface area contributed by atoms with Crippen molar-refractivity contribution in [3.05, 3.63) is 48.7 Å². The van der Waals surface area contributed by atoms with E-state index in [0.717, 1.165) is 16.7 Å². The van der Waals surface area contributed by atoms with Crippen LogP contribution in [0.25, 0.3) is 22.6 Å². The molecule has 0 fully saturated rings. The second-order valence-corrected chi connectivity index (χ2v) is 6.50. The number of imidazole rings is 1. The zero-order chi connectivity index (χ0) is 17.6. The number of pyridine rings is 1. The van der Waals surface area contributed by atoms with Crippen LogP contribution in [0, 0.1) is 0 Å². The van der Waals surface area contributed by atoms with Gasteiger partial charge in [-0.25, -0.2) is 4.98 Å².